The Labute approximate surface area is 149 Å². The summed E-state index contributed by atoms with van der Waals surface area (Å²) in [5.41, 5.74) is 1.48. The van der Waals surface area contributed by atoms with Gasteiger partial charge in [-0.3, -0.25) is 19.3 Å². The number of fused-ring (bicyclic) bond motifs is 1. The molecule has 3 amide bonds. The third-order valence-electron chi connectivity index (χ3n) is 4.16. The zero-order chi connectivity index (χ0) is 18.1. The molecule has 1 N–H and O–H groups in total. The standard InChI is InChI=1S/C20H14N2O4/c23-18(21-14-5-2-1-3-6-14)13-8-9-16-17(11-13)20(25)22(19(16)24)12-15-7-4-10-26-15/h1-11H,12H2,(H,21,23). The van der Waals surface area contributed by atoms with Gasteiger partial charge in [0.05, 0.1) is 23.9 Å². The number of imide groups is 1. The number of para-hydroxylation sites is 1. The van der Waals surface area contributed by atoms with E-state index in [0.29, 0.717) is 17.0 Å². The number of carbonyl (C=O) groups is 3. The van der Waals surface area contributed by atoms with Crippen LogP contribution in [0.2, 0.25) is 0 Å². The van der Waals surface area contributed by atoms with Crippen LogP contribution in [0.15, 0.2) is 71.3 Å². The first kappa shape index (κ1) is 15.8. The summed E-state index contributed by atoms with van der Waals surface area (Å²) in [6.45, 7) is 0.0604. The maximum absolute atomic E-state index is 12.6. The number of nitrogens with one attached hydrogen (secondary N) is 1. The quantitative estimate of drug-likeness (QED) is 0.735. The molecule has 0 saturated carbocycles. The van der Waals surface area contributed by atoms with E-state index in [9.17, 15) is 14.4 Å². The Morgan fingerprint density at radius 3 is 2.42 bits per heavy atom. The highest BCUT2D eigenvalue weighted by molar-refractivity contribution is 6.22. The van der Waals surface area contributed by atoms with Crippen LogP contribution in [-0.4, -0.2) is 22.6 Å². The number of benzene rings is 2. The SMILES string of the molecule is O=C(Nc1ccccc1)c1ccc2c(c1)C(=O)N(Cc1ccco1)C2=O. The van der Waals surface area contributed by atoms with Crippen LogP contribution in [0.4, 0.5) is 5.69 Å². The van der Waals surface area contributed by atoms with Gasteiger partial charge in [0.15, 0.2) is 0 Å². The molecule has 0 bridgehead atoms. The van der Waals surface area contributed by atoms with Crippen LogP contribution >= 0.6 is 0 Å². The summed E-state index contributed by atoms with van der Waals surface area (Å²) in [6.07, 6.45) is 1.49. The van der Waals surface area contributed by atoms with E-state index in [2.05, 4.69) is 5.32 Å². The van der Waals surface area contributed by atoms with E-state index in [1.807, 2.05) is 18.2 Å². The second-order valence-corrected chi connectivity index (χ2v) is 5.86. The average Bonchev–Trinajstić information content (AvgIpc) is 3.25. The Balaban J connectivity index is 1.58. The number of carbonyl (C=O) groups excluding carboxylic acids is 3. The number of rotatable bonds is 4. The van der Waals surface area contributed by atoms with Crippen LogP contribution < -0.4 is 5.32 Å². The topological polar surface area (TPSA) is 79.6 Å². The van der Waals surface area contributed by atoms with Crippen LogP contribution in [-0.2, 0) is 6.54 Å². The molecule has 1 aliphatic heterocycles. The number of furan rings is 1. The third-order valence-corrected chi connectivity index (χ3v) is 4.16. The number of hydrogen-bond donors (Lipinski definition) is 1. The Hall–Kier alpha value is -3.67. The molecule has 0 aliphatic carbocycles. The van der Waals surface area contributed by atoms with E-state index in [1.165, 1.54) is 18.4 Å². The van der Waals surface area contributed by atoms with Gasteiger partial charge in [-0.2, -0.15) is 0 Å². The van der Waals surface area contributed by atoms with Gasteiger partial charge in [0.25, 0.3) is 17.7 Å². The van der Waals surface area contributed by atoms with Gasteiger partial charge in [0.1, 0.15) is 5.76 Å². The van der Waals surface area contributed by atoms with Crippen LogP contribution in [0.5, 0.6) is 0 Å². The molecule has 0 spiro atoms. The fraction of sp³-hybridized carbons (Fsp3) is 0.0500. The van der Waals surface area contributed by atoms with Crippen molar-refractivity contribution in [2.45, 2.75) is 6.54 Å². The van der Waals surface area contributed by atoms with Gasteiger partial charge in [-0.05, 0) is 42.5 Å². The maximum Gasteiger partial charge on any atom is 0.261 e. The largest absolute Gasteiger partial charge is 0.467 e. The average molecular weight is 346 g/mol. The van der Waals surface area contributed by atoms with Crippen molar-refractivity contribution in [2.75, 3.05) is 5.32 Å². The Morgan fingerprint density at radius 2 is 1.69 bits per heavy atom. The molecule has 0 atom stereocenters. The second kappa shape index (κ2) is 6.33. The third kappa shape index (κ3) is 2.77. The van der Waals surface area contributed by atoms with Crippen molar-refractivity contribution in [3.63, 3.8) is 0 Å². The van der Waals surface area contributed by atoms with E-state index < -0.39 is 11.8 Å². The molecule has 6 nitrogen and oxygen atoms in total. The highest BCUT2D eigenvalue weighted by Gasteiger charge is 2.36. The normalized spacial score (nSPS) is 13.0. The summed E-state index contributed by atoms with van der Waals surface area (Å²) in [4.78, 5) is 38.6. The van der Waals surface area contributed by atoms with Gasteiger partial charge >= 0.3 is 0 Å². The minimum atomic E-state index is -0.434. The van der Waals surface area contributed by atoms with Gasteiger partial charge in [-0.1, -0.05) is 18.2 Å². The van der Waals surface area contributed by atoms with Gasteiger partial charge < -0.3 is 9.73 Å². The van der Waals surface area contributed by atoms with E-state index >= 15 is 0 Å². The zero-order valence-electron chi connectivity index (χ0n) is 13.6. The summed E-state index contributed by atoms with van der Waals surface area (Å²) in [5.74, 6) is -0.655. The fourth-order valence-corrected chi connectivity index (χ4v) is 2.86. The minimum Gasteiger partial charge on any atom is -0.467 e. The van der Waals surface area contributed by atoms with E-state index in [4.69, 9.17) is 4.42 Å². The van der Waals surface area contributed by atoms with Crippen molar-refractivity contribution >= 4 is 23.4 Å². The van der Waals surface area contributed by atoms with Crippen molar-refractivity contribution < 1.29 is 18.8 Å². The summed E-state index contributed by atoms with van der Waals surface area (Å²) < 4.78 is 5.21. The lowest BCUT2D eigenvalue weighted by molar-refractivity contribution is 0.0631. The van der Waals surface area contributed by atoms with Crippen molar-refractivity contribution in [1.82, 2.24) is 4.90 Å². The van der Waals surface area contributed by atoms with Crippen molar-refractivity contribution in [1.29, 1.82) is 0 Å². The van der Waals surface area contributed by atoms with Crippen molar-refractivity contribution in [3.05, 3.63) is 89.4 Å². The van der Waals surface area contributed by atoms with Gasteiger partial charge in [-0.15, -0.1) is 0 Å². The summed E-state index contributed by atoms with van der Waals surface area (Å²) in [7, 11) is 0. The monoisotopic (exact) mass is 346 g/mol. The second-order valence-electron chi connectivity index (χ2n) is 5.86. The first-order valence-electron chi connectivity index (χ1n) is 8.02. The maximum atomic E-state index is 12.6. The lowest BCUT2D eigenvalue weighted by Crippen LogP contribution is -2.28. The van der Waals surface area contributed by atoms with E-state index in [1.54, 1.807) is 30.3 Å². The predicted octanol–water partition coefficient (Wildman–Crippen LogP) is 3.33. The molecule has 0 saturated heterocycles. The number of anilines is 1. The molecule has 0 unspecified atom stereocenters. The number of nitrogens with zero attached hydrogens (tertiary/aromatic N) is 1. The van der Waals surface area contributed by atoms with Crippen molar-refractivity contribution in [3.8, 4) is 0 Å². The summed E-state index contributed by atoms with van der Waals surface area (Å²) in [5, 5.41) is 2.76. The predicted molar refractivity (Wildman–Crippen MR) is 93.7 cm³/mol. The molecular weight excluding hydrogens is 332 g/mol. The number of hydrogen-bond acceptors (Lipinski definition) is 4. The molecule has 128 valence electrons. The molecule has 2 heterocycles. The first-order valence-corrected chi connectivity index (χ1v) is 8.02. The number of amides is 3. The van der Waals surface area contributed by atoms with E-state index in [-0.39, 0.29) is 23.6 Å². The molecule has 1 aromatic heterocycles. The van der Waals surface area contributed by atoms with Crippen LogP contribution in [0.1, 0.15) is 36.8 Å². The van der Waals surface area contributed by atoms with E-state index in [0.717, 1.165) is 4.90 Å². The molecule has 2 aromatic carbocycles. The molecule has 1 aliphatic rings. The molecule has 0 radical (unpaired) electrons. The van der Waals surface area contributed by atoms with Crippen LogP contribution in [0.3, 0.4) is 0 Å². The smallest absolute Gasteiger partial charge is 0.261 e. The highest BCUT2D eigenvalue weighted by Crippen LogP contribution is 2.26. The molecule has 4 rings (SSSR count). The van der Waals surface area contributed by atoms with Crippen molar-refractivity contribution in [2.24, 2.45) is 0 Å². The Morgan fingerprint density at radius 1 is 0.923 bits per heavy atom. The van der Waals surface area contributed by atoms with Crippen LogP contribution in [0, 0.1) is 0 Å². The molecule has 26 heavy (non-hydrogen) atoms. The molecular formula is C20H14N2O4. The Kier molecular flexibility index (Phi) is 3.85. The lowest BCUT2D eigenvalue weighted by atomic mass is 10.1. The van der Waals surface area contributed by atoms with Gasteiger partial charge in [0.2, 0.25) is 0 Å². The summed E-state index contributed by atoms with van der Waals surface area (Å²) in [6, 6.07) is 16.9. The Bertz CT molecular complexity index is 994. The minimum absolute atomic E-state index is 0.0604. The highest BCUT2D eigenvalue weighted by atomic mass is 16.3. The lowest BCUT2D eigenvalue weighted by Gasteiger charge is -2.11. The molecule has 6 heteroatoms. The van der Waals surface area contributed by atoms with Gasteiger partial charge in [-0.25, -0.2) is 0 Å². The van der Waals surface area contributed by atoms with Gasteiger partial charge in [0, 0.05) is 11.3 Å². The molecule has 0 fully saturated rings. The first-order chi connectivity index (χ1) is 12.6. The molecule has 3 aromatic rings. The zero-order valence-corrected chi connectivity index (χ0v) is 13.6. The van der Waals surface area contributed by atoms with Crippen LogP contribution in [0.25, 0.3) is 0 Å². The fourth-order valence-electron chi connectivity index (χ4n) is 2.86. The summed E-state index contributed by atoms with van der Waals surface area (Å²) >= 11 is 0.